The van der Waals surface area contributed by atoms with Gasteiger partial charge in [-0.2, -0.15) is 0 Å². The minimum absolute atomic E-state index is 0.0940. The number of aliphatic hydroxyl groups is 1. The number of carbonyl (C=O) groups excluding carboxylic acids is 2. The van der Waals surface area contributed by atoms with Crippen LogP contribution in [-0.2, 0) is 4.79 Å². The molecule has 2 atom stereocenters. The summed E-state index contributed by atoms with van der Waals surface area (Å²) < 4.78 is 17.3. The summed E-state index contributed by atoms with van der Waals surface area (Å²) >= 11 is 0. The van der Waals surface area contributed by atoms with Crippen molar-refractivity contribution in [1.82, 2.24) is 25.2 Å². The van der Waals surface area contributed by atoms with Crippen LogP contribution in [0.1, 0.15) is 43.5 Å². The zero-order valence-corrected chi connectivity index (χ0v) is 20.2. The van der Waals surface area contributed by atoms with Crippen molar-refractivity contribution in [3.05, 3.63) is 30.1 Å². The first kappa shape index (κ1) is 23.9. The molecular formula is C25H29N5O6. The van der Waals surface area contributed by atoms with Gasteiger partial charge in [0.1, 0.15) is 22.9 Å². The number of nitrogens with zero attached hydrogens (tertiary/aromatic N) is 3. The smallest absolute Gasteiger partial charge is 0.255 e. The summed E-state index contributed by atoms with van der Waals surface area (Å²) in [5, 5.41) is 12.5. The molecule has 2 amide bonds. The van der Waals surface area contributed by atoms with Crippen LogP contribution in [0, 0.1) is 0 Å². The first-order chi connectivity index (χ1) is 17.5. The van der Waals surface area contributed by atoms with Crippen LogP contribution in [0.4, 0.5) is 0 Å². The highest BCUT2D eigenvalue weighted by Crippen LogP contribution is 2.46. The summed E-state index contributed by atoms with van der Waals surface area (Å²) in [4.78, 5) is 39.0. The number of benzene rings is 1. The summed E-state index contributed by atoms with van der Waals surface area (Å²) in [6.45, 7) is 5.00. The second kappa shape index (κ2) is 10.0. The van der Waals surface area contributed by atoms with Gasteiger partial charge in [-0.05, 0) is 31.9 Å². The number of aromatic amines is 1. The van der Waals surface area contributed by atoms with E-state index in [9.17, 15) is 14.7 Å². The second-order valence-electron chi connectivity index (χ2n) is 8.95. The summed E-state index contributed by atoms with van der Waals surface area (Å²) in [7, 11) is 0. The number of unbranched alkanes of at least 4 members (excludes halogenated alkanes) is 1. The standard InChI is InChI=1S/C25H29N5O6/c1-3-4-9-34-18-5-6-19-22(36-13-35-19)20(18)23-27-11-17-21(29-23)16(10-26-17)24(32)28-15-7-8-30(12-15)25(33)14(2)31/h5-6,10-11,14-15,26,31H,3-4,7-9,12-13H2,1-2H3,(H,28,32)/t14-,15+/m0/s1. The first-order valence-corrected chi connectivity index (χ1v) is 12.1. The van der Waals surface area contributed by atoms with E-state index in [2.05, 4.69) is 22.2 Å². The van der Waals surface area contributed by atoms with Gasteiger partial charge in [0.2, 0.25) is 6.79 Å². The molecule has 11 heteroatoms. The van der Waals surface area contributed by atoms with Crippen LogP contribution < -0.4 is 19.5 Å². The molecule has 3 aromatic rings. The van der Waals surface area contributed by atoms with Gasteiger partial charge in [-0.1, -0.05) is 13.3 Å². The fraction of sp³-hybridized carbons (Fsp3) is 0.440. The Balaban J connectivity index is 1.42. The van der Waals surface area contributed by atoms with Crippen LogP contribution in [0.3, 0.4) is 0 Å². The maximum absolute atomic E-state index is 13.1. The summed E-state index contributed by atoms with van der Waals surface area (Å²) in [5.41, 5.74) is 2.02. The highest BCUT2D eigenvalue weighted by Gasteiger charge is 2.30. The van der Waals surface area contributed by atoms with E-state index in [1.807, 2.05) is 6.07 Å². The molecule has 36 heavy (non-hydrogen) atoms. The number of aromatic nitrogens is 3. The third-order valence-electron chi connectivity index (χ3n) is 6.33. The van der Waals surface area contributed by atoms with E-state index < -0.39 is 6.10 Å². The van der Waals surface area contributed by atoms with Crippen LogP contribution in [-0.4, -0.2) is 75.4 Å². The number of ether oxygens (including phenoxy) is 3. The lowest BCUT2D eigenvalue weighted by atomic mass is 10.1. The van der Waals surface area contributed by atoms with Gasteiger partial charge in [0, 0.05) is 25.3 Å². The minimum atomic E-state index is -1.06. The normalized spacial score (nSPS) is 17.4. The summed E-state index contributed by atoms with van der Waals surface area (Å²) in [5.74, 6) is 1.40. The Morgan fingerprint density at radius 3 is 3.03 bits per heavy atom. The molecule has 0 saturated carbocycles. The number of likely N-dealkylation sites (tertiary alicyclic amines) is 1. The largest absolute Gasteiger partial charge is 0.493 e. The van der Waals surface area contributed by atoms with Gasteiger partial charge in [0.25, 0.3) is 11.8 Å². The number of carbonyl (C=O) groups is 2. The molecule has 1 fully saturated rings. The van der Waals surface area contributed by atoms with E-state index in [1.54, 1.807) is 23.4 Å². The van der Waals surface area contributed by atoms with Gasteiger partial charge in [-0.25, -0.2) is 9.97 Å². The Morgan fingerprint density at radius 1 is 1.36 bits per heavy atom. The fourth-order valence-electron chi connectivity index (χ4n) is 4.42. The lowest BCUT2D eigenvalue weighted by molar-refractivity contribution is -0.138. The topological polar surface area (TPSA) is 139 Å². The summed E-state index contributed by atoms with van der Waals surface area (Å²) in [6, 6.07) is 3.40. The first-order valence-electron chi connectivity index (χ1n) is 12.1. The number of rotatable bonds is 8. The minimum Gasteiger partial charge on any atom is -0.493 e. The molecule has 2 aromatic heterocycles. The zero-order valence-electron chi connectivity index (χ0n) is 20.2. The predicted octanol–water partition coefficient (Wildman–Crippen LogP) is 2.24. The maximum atomic E-state index is 13.1. The lowest BCUT2D eigenvalue weighted by Gasteiger charge is -2.18. The van der Waals surface area contributed by atoms with E-state index in [4.69, 9.17) is 19.2 Å². The predicted molar refractivity (Wildman–Crippen MR) is 130 cm³/mol. The molecule has 3 N–H and O–H groups in total. The van der Waals surface area contributed by atoms with Crippen molar-refractivity contribution in [2.45, 2.75) is 45.3 Å². The zero-order chi connectivity index (χ0) is 25.2. The van der Waals surface area contributed by atoms with Crippen LogP contribution in [0.15, 0.2) is 24.5 Å². The van der Waals surface area contributed by atoms with Gasteiger partial charge in [0.15, 0.2) is 17.3 Å². The Morgan fingerprint density at radius 2 is 2.22 bits per heavy atom. The van der Waals surface area contributed by atoms with E-state index in [1.165, 1.54) is 6.92 Å². The van der Waals surface area contributed by atoms with Crippen LogP contribution >= 0.6 is 0 Å². The Kier molecular flexibility index (Phi) is 6.64. The summed E-state index contributed by atoms with van der Waals surface area (Å²) in [6.07, 6.45) is 4.66. The van der Waals surface area contributed by atoms with E-state index in [0.29, 0.717) is 71.4 Å². The fourth-order valence-corrected chi connectivity index (χ4v) is 4.42. The molecular weight excluding hydrogens is 466 g/mol. The third-order valence-corrected chi connectivity index (χ3v) is 6.33. The number of amides is 2. The number of fused-ring (bicyclic) bond motifs is 2. The SMILES string of the molecule is CCCCOc1ccc2c(c1-c1ncc3[nH]cc(C(=O)N[C@@H]4CCN(C(=O)[C@H](C)O)C4)c3n1)OCO2. The quantitative estimate of drug-likeness (QED) is 0.405. The van der Waals surface area contributed by atoms with E-state index in [-0.39, 0.29) is 24.6 Å². The van der Waals surface area contributed by atoms with Crippen molar-refractivity contribution in [3.63, 3.8) is 0 Å². The molecule has 5 rings (SSSR count). The highest BCUT2D eigenvalue weighted by molar-refractivity contribution is 6.05. The maximum Gasteiger partial charge on any atom is 0.255 e. The Labute approximate surface area is 207 Å². The number of nitrogens with one attached hydrogen (secondary N) is 2. The van der Waals surface area contributed by atoms with Crippen molar-refractivity contribution in [1.29, 1.82) is 0 Å². The molecule has 0 aliphatic carbocycles. The lowest BCUT2D eigenvalue weighted by Crippen LogP contribution is -2.40. The van der Waals surface area contributed by atoms with Crippen LogP contribution in [0.2, 0.25) is 0 Å². The van der Waals surface area contributed by atoms with Gasteiger partial charge in [-0.3, -0.25) is 9.59 Å². The molecule has 1 aromatic carbocycles. The van der Waals surface area contributed by atoms with Crippen molar-refractivity contribution >= 4 is 22.8 Å². The monoisotopic (exact) mass is 495 g/mol. The molecule has 2 aliphatic rings. The average Bonchev–Trinajstić information content (AvgIpc) is 3.62. The molecule has 0 radical (unpaired) electrons. The Hall–Kier alpha value is -3.86. The second-order valence-corrected chi connectivity index (χ2v) is 8.95. The van der Waals surface area contributed by atoms with Gasteiger partial charge in [0.05, 0.1) is 23.9 Å². The number of hydrogen-bond donors (Lipinski definition) is 3. The Bertz CT molecular complexity index is 1290. The third kappa shape index (κ3) is 4.53. The molecule has 2 aliphatic heterocycles. The van der Waals surface area contributed by atoms with Crippen LogP contribution in [0.5, 0.6) is 17.2 Å². The van der Waals surface area contributed by atoms with Crippen molar-refractivity contribution in [2.75, 3.05) is 26.5 Å². The van der Waals surface area contributed by atoms with Gasteiger partial charge < -0.3 is 34.5 Å². The van der Waals surface area contributed by atoms with Crippen molar-refractivity contribution in [2.24, 2.45) is 0 Å². The average molecular weight is 496 g/mol. The van der Waals surface area contributed by atoms with Crippen molar-refractivity contribution < 1.29 is 28.9 Å². The molecule has 190 valence electrons. The number of aliphatic hydroxyl groups excluding tert-OH is 1. The number of hydrogen-bond acceptors (Lipinski definition) is 8. The van der Waals surface area contributed by atoms with E-state index in [0.717, 1.165) is 12.8 Å². The molecule has 4 heterocycles. The molecule has 0 unspecified atom stereocenters. The van der Waals surface area contributed by atoms with Crippen LogP contribution in [0.25, 0.3) is 22.4 Å². The van der Waals surface area contributed by atoms with Gasteiger partial charge in [-0.15, -0.1) is 0 Å². The number of H-pyrrole nitrogens is 1. The molecule has 0 spiro atoms. The van der Waals surface area contributed by atoms with E-state index >= 15 is 0 Å². The molecule has 1 saturated heterocycles. The highest BCUT2D eigenvalue weighted by atomic mass is 16.7. The molecule has 0 bridgehead atoms. The van der Waals surface area contributed by atoms with Gasteiger partial charge >= 0.3 is 0 Å². The van der Waals surface area contributed by atoms with Crippen molar-refractivity contribution in [3.8, 4) is 28.6 Å². The molecule has 11 nitrogen and oxygen atoms in total.